The van der Waals surface area contributed by atoms with Crippen molar-refractivity contribution in [2.45, 2.75) is 12.3 Å². The van der Waals surface area contributed by atoms with Crippen LogP contribution in [-0.4, -0.2) is 12.3 Å². The van der Waals surface area contributed by atoms with E-state index < -0.39 is 0 Å². The van der Waals surface area contributed by atoms with Crippen LogP contribution in [0.5, 0.6) is 0 Å². The van der Waals surface area contributed by atoms with Crippen LogP contribution in [0.4, 0.5) is 5.69 Å². The molecule has 0 amide bonds. The standard InChI is InChI=1S/C16H17NS/c1-13-6-5-7-14(12-13)16-17(10-11-18-16)15-8-3-2-4-9-15/h2-9,12,16H,10-11H2,1H3. The summed E-state index contributed by atoms with van der Waals surface area (Å²) in [6.07, 6.45) is 0. The van der Waals surface area contributed by atoms with E-state index >= 15 is 0 Å². The molecular weight excluding hydrogens is 238 g/mol. The molecule has 2 heteroatoms. The lowest BCUT2D eigenvalue weighted by Gasteiger charge is -2.26. The van der Waals surface area contributed by atoms with Crippen LogP contribution in [0.2, 0.25) is 0 Å². The first-order valence-corrected chi connectivity index (χ1v) is 7.39. The smallest absolute Gasteiger partial charge is 0.101 e. The summed E-state index contributed by atoms with van der Waals surface area (Å²) >= 11 is 2.03. The van der Waals surface area contributed by atoms with E-state index in [0.717, 1.165) is 6.54 Å². The maximum Gasteiger partial charge on any atom is 0.101 e. The molecule has 0 aromatic heterocycles. The molecule has 92 valence electrons. The van der Waals surface area contributed by atoms with Gasteiger partial charge >= 0.3 is 0 Å². The van der Waals surface area contributed by atoms with Crippen LogP contribution in [-0.2, 0) is 0 Å². The van der Waals surface area contributed by atoms with Gasteiger partial charge in [0.2, 0.25) is 0 Å². The minimum absolute atomic E-state index is 0.465. The van der Waals surface area contributed by atoms with Crippen LogP contribution in [0.15, 0.2) is 54.6 Å². The van der Waals surface area contributed by atoms with E-state index in [9.17, 15) is 0 Å². The zero-order valence-corrected chi connectivity index (χ0v) is 11.4. The van der Waals surface area contributed by atoms with Gasteiger partial charge in [0.15, 0.2) is 0 Å². The summed E-state index contributed by atoms with van der Waals surface area (Å²) < 4.78 is 0. The average Bonchev–Trinajstić information content (AvgIpc) is 2.89. The minimum Gasteiger partial charge on any atom is -0.355 e. The highest BCUT2D eigenvalue weighted by molar-refractivity contribution is 7.99. The van der Waals surface area contributed by atoms with Gasteiger partial charge in [0.05, 0.1) is 0 Å². The Morgan fingerprint density at radius 1 is 1.06 bits per heavy atom. The van der Waals surface area contributed by atoms with Crippen molar-refractivity contribution < 1.29 is 0 Å². The number of aryl methyl sites for hydroxylation is 1. The molecule has 3 rings (SSSR count). The normalized spacial score (nSPS) is 19.2. The first-order valence-electron chi connectivity index (χ1n) is 6.34. The van der Waals surface area contributed by atoms with Crippen molar-refractivity contribution in [3.05, 3.63) is 65.7 Å². The molecule has 1 unspecified atom stereocenters. The predicted molar refractivity (Wildman–Crippen MR) is 80.2 cm³/mol. The molecule has 1 saturated heterocycles. The summed E-state index contributed by atoms with van der Waals surface area (Å²) in [5.74, 6) is 1.20. The second-order valence-corrected chi connectivity index (χ2v) is 5.85. The maximum atomic E-state index is 2.50. The third-order valence-electron chi connectivity index (χ3n) is 3.31. The second kappa shape index (κ2) is 5.07. The van der Waals surface area contributed by atoms with E-state index in [1.54, 1.807) is 0 Å². The fraction of sp³-hybridized carbons (Fsp3) is 0.250. The highest BCUT2D eigenvalue weighted by atomic mass is 32.2. The van der Waals surface area contributed by atoms with Crippen molar-refractivity contribution in [3.63, 3.8) is 0 Å². The zero-order chi connectivity index (χ0) is 12.4. The molecule has 0 aliphatic carbocycles. The van der Waals surface area contributed by atoms with Gasteiger partial charge in [-0.25, -0.2) is 0 Å². The minimum atomic E-state index is 0.465. The van der Waals surface area contributed by atoms with E-state index in [0.29, 0.717) is 5.37 Å². The zero-order valence-electron chi connectivity index (χ0n) is 10.5. The molecule has 1 atom stereocenters. The summed E-state index contributed by atoms with van der Waals surface area (Å²) in [5.41, 5.74) is 4.09. The van der Waals surface area contributed by atoms with Gasteiger partial charge in [-0.05, 0) is 24.6 Å². The Balaban J connectivity index is 1.92. The number of rotatable bonds is 2. The molecule has 1 heterocycles. The number of anilines is 1. The largest absolute Gasteiger partial charge is 0.355 e. The highest BCUT2D eigenvalue weighted by Gasteiger charge is 2.26. The molecule has 2 aromatic carbocycles. The number of para-hydroxylation sites is 1. The van der Waals surface area contributed by atoms with Gasteiger partial charge in [0.25, 0.3) is 0 Å². The molecule has 2 aromatic rings. The van der Waals surface area contributed by atoms with Gasteiger partial charge in [-0.15, -0.1) is 11.8 Å². The van der Waals surface area contributed by atoms with Gasteiger partial charge < -0.3 is 4.90 Å². The number of benzene rings is 2. The lowest BCUT2D eigenvalue weighted by atomic mass is 10.1. The van der Waals surface area contributed by atoms with E-state index in [1.807, 2.05) is 11.8 Å². The third kappa shape index (κ3) is 2.25. The third-order valence-corrected chi connectivity index (χ3v) is 4.57. The van der Waals surface area contributed by atoms with E-state index in [-0.39, 0.29) is 0 Å². The lowest BCUT2D eigenvalue weighted by molar-refractivity contribution is 0.857. The monoisotopic (exact) mass is 255 g/mol. The number of hydrogen-bond donors (Lipinski definition) is 0. The number of thioether (sulfide) groups is 1. The first-order chi connectivity index (χ1) is 8.84. The summed E-state index contributed by atoms with van der Waals surface area (Å²) in [6, 6.07) is 19.6. The van der Waals surface area contributed by atoms with Crippen molar-refractivity contribution in [3.8, 4) is 0 Å². The maximum absolute atomic E-state index is 2.50. The summed E-state index contributed by atoms with van der Waals surface area (Å²) in [6.45, 7) is 3.29. The Morgan fingerprint density at radius 2 is 1.89 bits per heavy atom. The SMILES string of the molecule is Cc1cccc(C2SCCN2c2ccccc2)c1. The number of hydrogen-bond acceptors (Lipinski definition) is 2. The Bertz CT molecular complexity index is 524. The summed E-state index contributed by atoms with van der Waals surface area (Å²) in [5, 5.41) is 0.465. The van der Waals surface area contributed by atoms with E-state index in [4.69, 9.17) is 0 Å². The Labute approximate surface area is 113 Å². The van der Waals surface area contributed by atoms with Crippen LogP contribution < -0.4 is 4.90 Å². The van der Waals surface area contributed by atoms with Crippen LogP contribution in [0.25, 0.3) is 0 Å². The molecule has 0 spiro atoms. The molecule has 0 bridgehead atoms. The second-order valence-electron chi connectivity index (χ2n) is 4.67. The molecule has 1 fully saturated rings. The van der Waals surface area contributed by atoms with Gasteiger partial charge in [-0.3, -0.25) is 0 Å². The Hall–Kier alpha value is -1.41. The molecule has 1 aliphatic heterocycles. The average molecular weight is 255 g/mol. The fourth-order valence-corrected chi connectivity index (χ4v) is 3.73. The van der Waals surface area contributed by atoms with Crippen molar-refractivity contribution in [2.24, 2.45) is 0 Å². The molecule has 1 aliphatic rings. The van der Waals surface area contributed by atoms with E-state index in [2.05, 4.69) is 66.4 Å². The number of nitrogens with zero attached hydrogens (tertiary/aromatic N) is 1. The Morgan fingerprint density at radius 3 is 2.67 bits per heavy atom. The molecule has 1 nitrogen and oxygen atoms in total. The fourth-order valence-electron chi connectivity index (χ4n) is 2.45. The van der Waals surface area contributed by atoms with Gasteiger partial charge in [0.1, 0.15) is 5.37 Å². The topological polar surface area (TPSA) is 3.24 Å². The first kappa shape index (κ1) is 11.7. The van der Waals surface area contributed by atoms with Crippen molar-refractivity contribution in [1.29, 1.82) is 0 Å². The van der Waals surface area contributed by atoms with Crippen molar-refractivity contribution in [2.75, 3.05) is 17.2 Å². The van der Waals surface area contributed by atoms with E-state index in [1.165, 1.54) is 22.6 Å². The van der Waals surface area contributed by atoms with Gasteiger partial charge in [0, 0.05) is 18.0 Å². The summed E-state index contributed by atoms with van der Waals surface area (Å²) in [4.78, 5) is 2.50. The molecule has 0 saturated carbocycles. The van der Waals surface area contributed by atoms with Gasteiger partial charge in [-0.1, -0.05) is 48.0 Å². The van der Waals surface area contributed by atoms with Crippen molar-refractivity contribution >= 4 is 17.4 Å². The van der Waals surface area contributed by atoms with Crippen LogP contribution in [0.1, 0.15) is 16.5 Å². The molecule has 18 heavy (non-hydrogen) atoms. The van der Waals surface area contributed by atoms with Crippen LogP contribution in [0, 0.1) is 6.92 Å². The van der Waals surface area contributed by atoms with Crippen molar-refractivity contribution in [1.82, 2.24) is 0 Å². The van der Waals surface area contributed by atoms with Crippen LogP contribution >= 0.6 is 11.8 Å². The molecule has 0 N–H and O–H groups in total. The lowest BCUT2D eigenvalue weighted by Crippen LogP contribution is -2.22. The predicted octanol–water partition coefficient (Wildman–Crippen LogP) is 4.25. The van der Waals surface area contributed by atoms with Gasteiger partial charge in [-0.2, -0.15) is 0 Å². The quantitative estimate of drug-likeness (QED) is 0.789. The molecule has 0 radical (unpaired) electrons. The highest BCUT2D eigenvalue weighted by Crippen LogP contribution is 2.40. The van der Waals surface area contributed by atoms with Crippen LogP contribution in [0.3, 0.4) is 0 Å². The Kier molecular flexibility index (Phi) is 3.28. The molecular formula is C16H17NS. The summed E-state index contributed by atoms with van der Waals surface area (Å²) in [7, 11) is 0.